The highest BCUT2D eigenvalue weighted by Crippen LogP contribution is 2.36. The maximum Gasteiger partial charge on any atom is 0.150 e. The van der Waals surface area contributed by atoms with Crippen LogP contribution in [0.25, 0.3) is 21.9 Å². The maximum atomic E-state index is 10.7. The molecule has 0 atom stereocenters. The Morgan fingerprint density at radius 3 is 2.25 bits per heavy atom. The number of aryl methyl sites for hydroxylation is 1. The average molecular weight is 262 g/mol. The fraction of sp³-hybridized carbons (Fsp3) is 0.0556. The lowest BCUT2D eigenvalue weighted by Crippen LogP contribution is -1.88. The number of fused-ring (bicyclic) bond motifs is 1. The van der Waals surface area contributed by atoms with Gasteiger partial charge in [0.05, 0.1) is 0 Å². The zero-order valence-corrected chi connectivity index (χ0v) is 11.1. The number of phenolic OH excluding ortho intramolecular Hbond substituents is 1. The van der Waals surface area contributed by atoms with Crippen molar-refractivity contribution >= 4 is 17.1 Å². The first-order chi connectivity index (χ1) is 9.70. The second-order valence-corrected chi connectivity index (χ2v) is 4.87. The van der Waals surface area contributed by atoms with Crippen molar-refractivity contribution in [3.05, 3.63) is 65.7 Å². The fourth-order valence-corrected chi connectivity index (χ4v) is 2.60. The van der Waals surface area contributed by atoms with Gasteiger partial charge in [-0.15, -0.1) is 0 Å². The van der Waals surface area contributed by atoms with Crippen LogP contribution in [-0.2, 0) is 0 Å². The normalized spacial score (nSPS) is 10.7. The van der Waals surface area contributed by atoms with Gasteiger partial charge in [-0.3, -0.25) is 4.79 Å². The van der Waals surface area contributed by atoms with Gasteiger partial charge in [-0.25, -0.2) is 0 Å². The van der Waals surface area contributed by atoms with Crippen LogP contribution in [0.1, 0.15) is 15.9 Å². The Morgan fingerprint density at radius 1 is 0.950 bits per heavy atom. The minimum atomic E-state index is 0.298. The first-order valence-corrected chi connectivity index (χ1v) is 6.47. The topological polar surface area (TPSA) is 37.3 Å². The highest BCUT2D eigenvalue weighted by Gasteiger charge is 2.10. The standard InChI is InChI=1S/C18H14O2/c1-12-10-17(20)15-4-2-3-5-16(15)18(12)14-8-6-13(11-19)7-9-14/h2-11,20H,1H3. The molecule has 0 saturated heterocycles. The van der Waals surface area contributed by atoms with Gasteiger partial charge in [-0.1, -0.05) is 48.5 Å². The molecule has 0 amide bonds. The second-order valence-electron chi connectivity index (χ2n) is 4.87. The summed E-state index contributed by atoms with van der Waals surface area (Å²) in [6, 6.07) is 17.1. The molecular formula is C18H14O2. The Balaban J connectivity index is 2.31. The molecule has 2 nitrogen and oxygen atoms in total. The summed E-state index contributed by atoms with van der Waals surface area (Å²) < 4.78 is 0. The van der Waals surface area contributed by atoms with Crippen LogP contribution in [-0.4, -0.2) is 11.4 Å². The number of hydrogen-bond acceptors (Lipinski definition) is 2. The van der Waals surface area contributed by atoms with Gasteiger partial charge in [0.15, 0.2) is 0 Å². The lowest BCUT2D eigenvalue weighted by Gasteiger charge is -2.12. The molecule has 0 aliphatic rings. The summed E-state index contributed by atoms with van der Waals surface area (Å²) in [7, 11) is 0. The fourth-order valence-electron chi connectivity index (χ4n) is 2.60. The highest BCUT2D eigenvalue weighted by atomic mass is 16.3. The highest BCUT2D eigenvalue weighted by molar-refractivity contribution is 6.01. The Morgan fingerprint density at radius 2 is 1.60 bits per heavy atom. The molecule has 0 unspecified atom stereocenters. The first-order valence-electron chi connectivity index (χ1n) is 6.47. The van der Waals surface area contributed by atoms with Crippen LogP contribution < -0.4 is 0 Å². The number of phenols is 1. The molecule has 2 heteroatoms. The summed E-state index contributed by atoms with van der Waals surface area (Å²) in [6.45, 7) is 1.98. The molecule has 0 bridgehead atoms. The quantitative estimate of drug-likeness (QED) is 0.698. The SMILES string of the molecule is Cc1cc(O)c2ccccc2c1-c1ccc(C=O)cc1. The minimum Gasteiger partial charge on any atom is -0.507 e. The van der Waals surface area contributed by atoms with Crippen molar-refractivity contribution in [1.29, 1.82) is 0 Å². The molecule has 20 heavy (non-hydrogen) atoms. The molecule has 0 radical (unpaired) electrons. The molecule has 0 heterocycles. The van der Waals surface area contributed by atoms with Crippen LogP contribution in [0.3, 0.4) is 0 Å². The number of carbonyl (C=O) groups is 1. The van der Waals surface area contributed by atoms with Gasteiger partial charge in [0.1, 0.15) is 12.0 Å². The van der Waals surface area contributed by atoms with Crippen molar-refractivity contribution in [3.8, 4) is 16.9 Å². The summed E-state index contributed by atoms with van der Waals surface area (Å²) in [4.78, 5) is 10.7. The van der Waals surface area contributed by atoms with Crippen molar-refractivity contribution in [2.24, 2.45) is 0 Å². The molecule has 3 rings (SSSR count). The number of aldehydes is 1. The minimum absolute atomic E-state index is 0.298. The predicted octanol–water partition coefficient (Wildman–Crippen LogP) is 4.33. The van der Waals surface area contributed by atoms with Crippen LogP contribution in [0, 0.1) is 6.92 Å². The smallest absolute Gasteiger partial charge is 0.150 e. The molecule has 0 saturated carbocycles. The number of aromatic hydroxyl groups is 1. The van der Waals surface area contributed by atoms with E-state index in [-0.39, 0.29) is 0 Å². The lowest BCUT2D eigenvalue weighted by molar-refractivity contribution is 0.112. The summed E-state index contributed by atoms with van der Waals surface area (Å²) in [5.74, 6) is 0.298. The van der Waals surface area contributed by atoms with E-state index in [9.17, 15) is 9.90 Å². The largest absolute Gasteiger partial charge is 0.507 e. The number of rotatable bonds is 2. The third-order valence-electron chi connectivity index (χ3n) is 3.56. The molecule has 0 aliphatic heterocycles. The van der Waals surface area contributed by atoms with Gasteiger partial charge in [-0.2, -0.15) is 0 Å². The Kier molecular flexibility index (Phi) is 2.99. The molecule has 3 aromatic rings. The molecular weight excluding hydrogens is 248 g/mol. The summed E-state index contributed by atoms with van der Waals surface area (Å²) in [5, 5.41) is 11.9. The van der Waals surface area contributed by atoms with Crippen LogP contribution in [0.4, 0.5) is 0 Å². The Hall–Kier alpha value is -2.61. The molecule has 3 aromatic carbocycles. The molecule has 0 spiro atoms. The Labute approximate surface area is 117 Å². The van der Waals surface area contributed by atoms with E-state index in [1.54, 1.807) is 6.07 Å². The van der Waals surface area contributed by atoms with Gasteiger partial charge in [-0.05, 0) is 35.1 Å². The van der Waals surface area contributed by atoms with Gasteiger partial charge in [0, 0.05) is 10.9 Å². The summed E-state index contributed by atoms with van der Waals surface area (Å²) in [6.07, 6.45) is 0.839. The molecule has 1 N–H and O–H groups in total. The van der Waals surface area contributed by atoms with Crippen LogP contribution in [0.2, 0.25) is 0 Å². The van der Waals surface area contributed by atoms with E-state index in [0.717, 1.165) is 33.7 Å². The van der Waals surface area contributed by atoms with E-state index in [0.29, 0.717) is 11.3 Å². The predicted molar refractivity (Wildman–Crippen MR) is 81.2 cm³/mol. The summed E-state index contributed by atoms with van der Waals surface area (Å²) >= 11 is 0. The van der Waals surface area contributed by atoms with Gasteiger partial charge in [0.2, 0.25) is 0 Å². The zero-order chi connectivity index (χ0) is 14.1. The third kappa shape index (κ3) is 1.95. The van der Waals surface area contributed by atoms with Crippen LogP contribution >= 0.6 is 0 Å². The molecule has 0 aliphatic carbocycles. The van der Waals surface area contributed by atoms with Crippen LogP contribution in [0.5, 0.6) is 5.75 Å². The van der Waals surface area contributed by atoms with Gasteiger partial charge in [0.25, 0.3) is 0 Å². The average Bonchev–Trinajstić information content (AvgIpc) is 2.48. The van der Waals surface area contributed by atoms with E-state index < -0.39 is 0 Å². The van der Waals surface area contributed by atoms with E-state index >= 15 is 0 Å². The molecule has 0 aromatic heterocycles. The lowest BCUT2D eigenvalue weighted by atomic mass is 9.93. The van der Waals surface area contributed by atoms with Crippen molar-refractivity contribution in [2.75, 3.05) is 0 Å². The maximum absolute atomic E-state index is 10.7. The van der Waals surface area contributed by atoms with Crippen molar-refractivity contribution in [2.45, 2.75) is 6.92 Å². The van der Waals surface area contributed by atoms with Crippen molar-refractivity contribution in [3.63, 3.8) is 0 Å². The van der Waals surface area contributed by atoms with Crippen LogP contribution in [0.15, 0.2) is 54.6 Å². The van der Waals surface area contributed by atoms with Crippen molar-refractivity contribution < 1.29 is 9.90 Å². The number of carbonyl (C=O) groups excluding carboxylic acids is 1. The van der Waals surface area contributed by atoms with Gasteiger partial charge < -0.3 is 5.11 Å². The first kappa shape index (κ1) is 12.4. The zero-order valence-electron chi connectivity index (χ0n) is 11.1. The monoisotopic (exact) mass is 262 g/mol. The second kappa shape index (κ2) is 4.82. The number of hydrogen-bond donors (Lipinski definition) is 1. The third-order valence-corrected chi connectivity index (χ3v) is 3.56. The molecule has 0 fully saturated rings. The Bertz CT molecular complexity index is 786. The number of benzene rings is 3. The van der Waals surface area contributed by atoms with Crippen molar-refractivity contribution in [1.82, 2.24) is 0 Å². The van der Waals surface area contributed by atoms with E-state index in [1.165, 1.54) is 0 Å². The molecule has 98 valence electrons. The summed E-state index contributed by atoms with van der Waals surface area (Å²) in [5.41, 5.74) is 3.81. The van der Waals surface area contributed by atoms with E-state index in [1.807, 2.05) is 55.5 Å². The van der Waals surface area contributed by atoms with E-state index in [4.69, 9.17) is 0 Å². The van der Waals surface area contributed by atoms with Gasteiger partial charge >= 0.3 is 0 Å². The van der Waals surface area contributed by atoms with E-state index in [2.05, 4.69) is 0 Å².